The van der Waals surface area contributed by atoms with Crippen LogP contribution in [-0.4, -0.2) is 60.8 Å². The Morgan fingerprint density at radius 3 is 2.80 bits per heavy atom. The Balaban J connectivity index is 2.01. The highest BCUT2D eigenvalue weighted by molar-refractivity contribution is 5.79. The molecule has 0 aliphatic carbocycles. The summed E-state index contributed by atoms with van der Waals surface area (Å²) in [5.74, 6) is -1.01. The summed E-state index contributed by atoms with van der Waals surface area (Å²) in [6.07, 6.45) is 2.36. The van der Waals surface area contributed by atoms with Crippen molar-refractivity contribution >= 4 is 11.9 Å². The number of nitrogens with one attached hydrogen (secondary N) is 1. The van der Waals surface area contributed by atoms with Crippen LogP contribution < -0.4 is 5.32 Å². The van der Waals surface area contributed by atoms with E-state index in [1.807, 2.05) is 6.92 Å². The van der Waals surface area contributed by atoms with E-state index in [4.69, 9.17) is 4.74 Å². The predicted octanol–water partition coefficient (Wildman–Crippen LogP) is 0.324. The molecular formula is C14H24N2O4. The van der Waals surface area contributed by atoms with Crippen molar-refractivity contribution in [1.82, 2.24) is 10.2 Å². The van der Waals surface area contributed by atoms with Crippen molar-refractivity contribution in [2.45, 2.75) is 32.2 Å². The first kappa shape index (κ1) is 15.3. The zero-order chi connectivity index (χ0) is 14.5. The maximum absolute atomic E-state index is 12.5. The Morgan fingerprint density at radius 2 is 2.20 bits per heavy atom. The summed E-state index contributed by atoms with van der Waals surface area (Å²) >= 11 is 0. The quantitative estimate of drug-likeness (QED) is 0.734. The van der Waals surface area contributed by atoms with Crippen molar-refractivity contribution in [3.8, 4) is 0 Å². The molecule has 0 aromatic heterocycles. The van der Waals surface area contributed by atoms with Gasteiger partial charge in [0, 0.05) is 13.0 Å². The molecule has 3 atom stereocenters. The summed E-state index contributed by atoms with van der Waals surface area (Å²) in [5, 5.41) is 12.5. The highest BCUT2D eigenvalue weighted by Gasteiger charge is 2.40. The van der Waals surface area contributed by atoms with Gasteiger partial charge in [0.15, 0.2) is 0 Å². The van der Waals surface area contributed by atoms with E-state index in [2.05, 4.69) is 5.32 Å². The van der Waals surface area contributed by atoms with Crippen LogP contribution >= 0.6 is 0 Å². The SMILES string of the molecule is CCCN(C(=O)CC1CCNC1)C1COCC1C(=O)O. The molecule has 6 nitrogen and oxygen atoms in total. The fourth-order valence-electron chi connectivity index (χ4n) is 3.06. The van der Waals surface area contributed by atoms with Gasteiger partial charge in [0.05, 0.1) is 19.3 Å². The van der Waals surface area contributed by atoms with Gasteiger partial charge in [-0.25, -0.2) is 0 Å². The molecule has 2 rings (SSSR count). The lowest BCUT2D eigenvalue weighted by Gasteiger charge is -2.31. The van der Waals surface area contributed by atoms with E-state index in [9.17, 15) is 14.7 Å². The fraction of sp³-hybridized carbons (Fsp3) is 0.857. The second-order valence-electron chi connectivity index (χ2n) is 5.70. The zero-order valence-electron chi connectivity index (χ0n) is 12.0. The number of aliphatic carboxylic acids is 1. The highest BCUT2D eigenvalue weighted by Crippen LogP contribution is 2.23. The van der Waals surface area contributed by atoms with Crippen LogP contribution in [0.4, 0.5) is 0 Å². The van der Waals surface area contributed by atoms with Crippen molar-refractivity contribution in [3.05, 3.63) is 0 Å². The number of carboxylic acids is 1. The number of carbonyl (C=O) groups is 2. The van der Waals surface area contributed by atoms with Crippen LogP contribution in [0.1, 0.15) is 26.2 Å². The molecule has 0 aromatic carbocycles. The van der Waals surface area contributed by atoms with Gasteiger partial charge < -0.3 is 20.1 Å². The van der Waals surface area contributed by atoms with Crippen LogP contribution in [0.15, 0.2) is 0 Å². The molecule has 1 amide bonds. The number of carboxylic acid groups (broad SMARTS) is 1. The fourth-order valence-corrected chi connectivity index (χ4v) is 3.06. The molecule has 20 heavy (non-hydrogen) atoms. The van der Waals surface area contributed by atoms with E-state index < -0.39 is 11.9 Å². The van der Waals surface area contributed by atoms with Gasteiger partial charge in [-0.3, -0.25) is 9.59 Å². The lowest BCUT2D eigenvalue weighted by Crippen LogP contribution is -2.47. The summed E-state index contributed by atoms with van der Waals surface area (Å²) in [6, 6.07) is -0.311. The number of carbonyl (C=O) groups excluding carboxylic acids is 1. The zero-order valence-corrected chi connectivity index (χ0v) is 12.0. The van der Waals surface area contributed by atoms with Gasteiger partial charge in [-0.1, -0.05) is 6.92 Å². The van der Waals surface area contributed by atoms with Crippen LogP contribution in [-0.2, 0) is 14.3 Å². The third kappa shape index (κ3) is 3.49. The molecule has 3 unspecified atom stereocenters. The van der Waals surface area contributed by atoms with Gasteiger partial charge in [-0.15, -0.1) is 0 Å². The van der Waals surface area contributed by atoms with Crippen molar-refractivity contribution in [2.24, 2.45) is 11.8 Å². The van der Waals surface area contributed by atoms with E-state index in [-0.39, 0.29) is 18.6 Å². The topological polar surface area (TPSA) is 78.9 Å². The summed E-state index contributed by atoms with van der Waals surface area (Å²) in [7, 11) is 0. The van der Waals surface area contributed by atoms with Crippen LogP contribution in [0.25, 0.3) is 0 Å². The average molecular weight is 284 g/mol. The molecule has 6 heteroatoms. The standard InChI is InChI=1S/C14H24N2O4/c1-2-5-16(12-9-20-8-11(12)14(18)19)13(17)6-10-3-4-15-7-10/h10-12,15H,2-9H2,1H3,(H,18,19). The summed E-state index contributed by atoms with van der Waals surface area (Å²) in [4.78, 5) is 25.5. The molecule has 114 valence electrons. The van der Waals surface area contributed by atoms with Crippen LogP contribution in [0, 0.1) is 11.8 Å². The smallest absolute Gasteiger partial charge is 0.311 e. The molecular weight excluding hydrogens is 260 g/mol. The van der Waals surface area contributed by atoms with E-state index in [0.717, 1.165) is 25.9 Å². The monoisotopic (exact) mass is 284 g/mol. The Bertz CT molecular complexity index is 355. The van der Waals surface area contributed by atoms with Crippen LogP contribution in [0.5, 0.6) is 0 Å². The summed E-state index contributed by atoms with van der Waals surface area (Å²) in [5.41, 5.74) is 0. The largest absolute Gasteiger partial charge is 0.481 e. The molecule has 2 heterocycles. The first-order valence-electron chi connectivity index (χ1n) is 7.44. The minimum Gasteiger partial charge on any atom is -0.481 e. The lowest BCUT2D eigenvalue weighted by molar-refractivity contribution is -0.145. The van der Waals surface area contributed by atoms with Crippen molar-refractivity contribution in [1.29, 1.82) is 0 Å². The van der Waals surface area contributed by atoms with E-state index in [0.29, 0.717) is 25.5 Å². The molecule has 2 aliphatic rings. The average Bonchev–Trinajstić information content (AvgIpc) is 3.06. The minimum atomic E-state index is -0.871. The Labute approximate surface area is 119 Å². The second kappa shape index (κ2) is 7.04. The Morgan fingerprint density at radius 1 is 1.40 bits per heavy atom. The number of amides is 1. The molecule has 2 N–H and O–H groups in total. The van der Waals surface area contributed by atoms with Crippen molar-refractivity contribution in [3.63, 3.8) is 0 Å². The highest BCUT2D eigenvalue weighted by atomic mass is 16.5. The lowest BCUT2D eigenvalue weighted by atomic mass is 9.99. The van der Waals surface area contributed by atoms with Gasteiger partial charge in [-0.05, 0) is 31.8 Å². The normalized spacial score (nSPS) is 29.6. The van der Waals surface area contributed by atoms with Gasteiger partial charge in [0.2, 0.25) is 5.91 Å². The van der Waals surface area contributed by atoms with Gasteiger partial charge >= 0.3 is 5.97 Å². The molecule has 0 radical (unpaired) electrons. The van der Waals surface area contributed by atoms with Gasteiger partial charge in [0.1, 0.15) is 5.92 Å². The first-order valence-corrected chi connectivity index (χ1v) is 7.44. The van der Waals surface area contributed by atoms with Gasteiger partial charge in [0.25, 0.3) is 0 Å². The number of hydrogen-bond donors (Lipinski definition) is 2. The van der Waals surface area contributed by atoms with Gasteiger partial charge in [-0.2, -0.15) is 0 Å². The molecule has 0 aromatic rings. The molecule has 0 saturated carbocycles. The minimum absolute atomic E-state index is 0.0716. The van der Waals surface area contributed by atoms with E-state index in [1.165, 1.54) is 0 Å². The van der Waals surface area contributed by atoms with E-state index in [1.54, 1.807) is 4.90 Å². The van der Waals surface area contributed by atoms with Crippen molar-refractivity contribution in [2.75, 3.05) is 32.8 Å². The molecule has 2 saturated heterocycles. The van der Waals surface area contributed by atoms with Crippen molar-refractivity contribution < 1.29 is 19.4 Å². The predicted molar refractivity (Wildman–Crippen MR) is 73.3 cm³/mol. The maximum atomic E-state index is 12.5. The third-order valence-electron chi connectivity index (χ3n) is 4.18. The second-order valence-corrected chi connectivity index (χ2v) is 5.70. The third-order valence-corrected chi connectivity index (χ3v) is 4.18. The van der Waals surface area contributed by atoms with E-state index >= 15 is 0 Å². The molecule has 0 bridgehead atoms. The Kier molecular flexibility index (Phi) is 5.37. The Hall–Kier alpha value is -1.14. The number of nitrogens with zero attached hydrogens (tertiary/aromatic N) is 1. The summed E-state index contributed by atoms with van der Waals surface area (Å²) in [6.45, 7) is 5.01. The molecule has 2 aliphatic heterocycles. The number of rotatable bonds is 6. The van der Waals surface area contributed by atoms with Crippen LogP contribution in [0.3, 0.4) is 0 Å². The molecule has 2 fully saturated rings. The van der Waals surface area contributed by atoms with Crippen LogP contribution in [0.2, 0.25) is 0 Å². The molecule has 0 spiro atoms. The number of hydrogen-bond acceptors (Lipinski definition) is 4. The first-order chi connectivity index (χ1) is 9.63. The number of ether oxygens (including phenoxy) is 1. The summed E-state index contributed by atoms with van der Waals surface area (Å²) < 4.78 is 5.29. The maximum Gasteiger partial charge on any atom is 0.311 e.